The summed E-state index contributed by atoms with van der Waals surface area (Å²) in [7, 11) is -6.85. The molecule has 0 saturated carbocycles. The first-order valence-electron chi connectivity index (χ1n) is 11.1. The number of hydrogen-bond acceptors (Lipinski definition) is 7. The van der Waals surface area contributed by atoms with Crippen LogP contribution in [-0.4, -0.2) is 35.0 Å². The average molecular weight is 572 g/mol. The van der Waals surface area contributed by atoms with Crippen LogP contribution in [0.1, 0.15) is 10.4 Å². The number of aromatic hydroxyl groups is 1. The van der Waals surface area contributed by atoms with Gasteiger partial charge in [-0.2, -0.15) is 0 Å². The number of carbonyl (C=O) groups is 1. The number of carbonyl (C=O) groups excluding carboxylic acids is 1. The van der Waals surface area contributed by atoms with Crippen molar-refractivity contribution in [2.75, 3.05) is 17.1 Å². The molecule has 4 aromatic rings. The third kappa shape index (κ3) is 6.34. The van der Waals surface area contributed by atoms with Crippen molar-refractivity contribution < 1.29 is 35.9 Å². The second-order valence-corrected chi connectivity index (χ2v) is 11.4. The average Bonchev–Trinajstić information content (AvgIpc) is 2.90. The van der Waals surface area contributed by atoms with Gasteiger partial charge in [0.1, 0.15) is 22.2 Å². The van der Waals surface area contributed by atoms with E-state index in [1.807, 2.05) is 0 Å². The van der Waals surface area contributed by atoms with Crippen LogP contribution >= 0.6 is 0 Å². The van der Waals surface area contributed by atoms with Crippen molar-refractivity contribution >= 4 is 37.3 Å². The number of primary sulfonamides is 1. The highest BCUT2D eigenvalue weighted by atomic mass is 32.2. The van der Waals surface area contributed by atoms with Crippen LogP contribution in [0.3, 0.4) is 0 Å². The van der Waals surface area contributed by atoms with Gasteiger partial charge >= 0.3 is 0 Å². The third-order valence-electron chi connectivity index (χ3n) is 5.57. The minimum Gasteiger partial charge on any atom is -0.506 e. The van der Waals surface area contributed by atoms with Gasteiger partial charge < -0.3 is 15.2 Å². The molecule has 0 bridgehead atoms. The van der Waals surface area contributed by atoms with Crippen molar-refractivity contribution in [1.29, 1.82) is 0 Å². The molecule has 0 fully saturated rings. The Hall–Kier alpha value is -4.46. The standard InChI is InChI=1S/C26H22FN3O7S2/c1-37-24-13-6-18(14-25(24)38(28,33)34)16-2-4-17(5-3-16)26(32)29-20-9-12-23(31)22(15-20)30-39(35,36)21-10-7-19(27)8-11-21/h2-15,30-31H,1H3,(H,29,32)(H2,28,33,34). The molecule has 0 aliphatic carbocycles. The Morgan fingerprint density at radius 1 is 0.872 bits per heavy atom. The maximum absolute atomic E-state index is 13.1. The van der Waals surface area contributed by atoms with Gasteiger partial charge in [-0.3, -0.25) is 9.52 Å². The topological polar surface area (TPSA) is 165 Å². The molecule has 5 N–H and O–H groups in total. The van der Waals surface area contributed by atoms with E-state index in [1.165, 1.54) is 49.6 Å². The normalized spacial score (nSPS) is 11.6. The molecule has 0 aliphatic heterocycles. The molecular weight excluding hydrogens is 549 g/mol. The number of rotatable bonds is 8. The lowest BCUT2D eigenvalue weighted by Crippen LogP contribution is -2.14. The first-order valence-corrected chi connectivity index (χ1v) is 14.1. The van der Waals surface area contributed by atoms with E-state index in [9.17, 15) is 31.1 Å². The molecule has 0 aliphatic rings. The van der Waals surface area contributed by atoms with Crippen molar-refractivity contribution in [3.05, 3.63) is 96.3 Å². The van der Waals surface area contributed by atoms with Crippen LogP contribution in [0.2, 0.25) is 0 Å². The fourth-order valence-electron chi connectivity index (χ4n) is 3.61. The number of amides is 1. The number of methoxy groups -OCH3 is 1. The maximum atomic E-state index is 13.1. The summed E-state index contributed by atoms with van der Waals surface area (Å²) < 4.78 is 69.4. The molecule has 202 valence electrons. The third-order valence-corrected chi connectivity index (χ3v) is 7.89. The van der Waals surface area contributed by atoms with Crippen LogP contribution in [0.4, 0.5) is 15.8 Å². The van der Waals surface area contributed by atoms with Crippen LogP contribution < -0.4 is 19.9 Å². The molecule has 0 spiro atoms. The van der Waals surface area contributed by atoms with Gasteiger partial charge in [-0.25, -0.2) is 26.4 Å². The van der Waals surface area contributed by atoms with Gasteiger partial charge in [-0.1, -0.05) is 18.2 Å². The Balaban J connectivity index is 1.52. The number of halogens is 1. The second kappa shape index (κ2) is 10.7. The first-order chi connectivity index (χ1) is 18.4. The number of ether oxygens (including phenoxy) is 1. The van der Waals surface area contributed by atoms with Gasteiger partial charge in [-0.05, 0) is 77.9 Å². The summed E-state index contributed by atoms with van der Waals surface area (Å²) in [5.74, 6) is -1.42. The fourth-order valence-corrected chi connectivity index (χ4v) is 5.40. The zero-order valence-electron chi connectivity index (χ0n) is 20.3. The predicted octanol–water partition coefficient (Wildman–Crippen LogP) is 3.91. The highest BCUT2D eigenvalue weighted by molar-refractivity contribution is 7.92. The molecule has 0 radical (unpaired) electrons. The van der Waals surface area contributed by atoms with Crippen LogP contribution in [0.15, 0.2) is 94.7 Å². The van der Waals surface area contributed by atoms with Crippen molar-refractivity contribution in [2.45, 2.75) is 9.79 Å². The minimum atomic E-state index is -4.14. The summed E-state index contributed by atoms with van der Waals surface area (Å²) in [5.41, 5.74) is 1.38. The van der Waals surface area contributed by atoms with E-state index >= 15 is 0 Å². The largest absolute Gasteiger partial charge is 0.506 e. The second-order valence-electron chi connectivity index (χ2n) is 8.23. The van der Waals surface area contributed by atoms with Crippen molar-refractivity contribution in [2.24, 2.45) is 5.14 Å². The van der Waals surface area contributed by atoms with Gasteiger partial charge in [0, 0.05) is 11.3 Å². The Morgan fingerprint density at radius 2 is 1.51 bits per heavy atom. The van der Waals surface area contributed by atoms with Crippen LogP contribution in [0.25, 0.3) is 11.1 Å². The highest BCUT2D eigenvalue weighted by Gasteiger charge is 2.18. The number of nitrogens with two attached hydrogens (primary N) is 1. The van der Waals surface area contributed by atoms with E-state index < -0.39 is 31.8 Å². The lowest BCUT2D eigenvalue weighted by molar-refractivity contribution is 0.102. The summed E-state index contributed by atoms with van der Waals surface area (Å²) in [4.78, 5) is 12.4. The smallest absolute Gasteiger partial charge is 0.262 e. The van der Waals surface area contributed by atoms with Crippen molar-refractivity contribution in [3.8, 4) is 22.6 Å². The van der Waals surface area contributed by atoms with E-state index in [2.05, 4.69) is 10.0 Å². The zero-order chi connectivity index (χ0) is 28.4. The molecule has 0 heterocycles. The molecule has 10 nitrogen and oxygen atoms in total. The van der Waals surface area contributed by atoms with Crippen molar-refractivity contribution in [3.63, 3.8) is 0 Å². The van der Waals surface area contributed by atoms with Crippen molar-refractivity contribution in [1.82, 2.24) is 0 Å². The van der Waals surface area contributed by atoms with Gasteiger partial charge in [0.15, 0.2) is 0 Å². The monoisotopic (exact) mass is 571 g/mol. The Bertz CT molecular complexity index is 1760. The van der Waals surface area contributed by atoms with E-state index in [1.54, 1.807) is 18.2 Å². The fraction of sp³-hybridized carbons (Fsp3) is 0.0385. The lowest BCUT2D eigenvalue weighted by Gasteiger charge is -2.12. The SMILES string of the molecule is COc1ccc(-c2ccc(C(=O)Nc3ccc(O)c(NS(=O)(=O)c4ccc(F)cc4)c3)cc2)cc1S(N)(=O)=O. The Kier molecular flexibility index (Phi) is 7.58. The molecule has 0 unspecified atom stereocenters. The van der Waals surface area contributed by atoms with Gasteiger partial charge in [0.05, 0.1) is 17.7 Å². The molecule has 4 aromatic carbocycles. The summed E-state index contributed by atoms with van der Waals surface area (Å²) >= 11 is 0. The van der Waals surface area contributed by atoms with E-state index in [0.29, 0.717) is 11.1 Å². The first kappa shape index (κ1) is 27.6. The van der Waals surface area contributed by atoms with E-state index in [-0.39, 0.29) is 38.2 Å². The molecular formula is C26H22FN3O7S2. The lowest BCUT2D eigenvalue weighted by atomic mass is 10.0. The highest BCUT2D eigenvalue weighted by Crippen LogP contribution is 2.31. The number of nitrogens with one attached hydrogen (secondary N) is 2. The number of sulfonamides is 2. The number of benzene rings is 4. The van der Waals surface area contributed by atoms with Crippen LogP contribution in [-0.2, 0) is 20.0 Å². The summed E-state index contributed by atoms with van der Waals surface area (Å²) in [6, 6.07) is 18.7. The minimum absolute atomic E-state index is 0.102. The quantitative estimate of drug-likeness (QED) is 0.184. The number of phenols is 1. The molecule has 0 saturated heterocycles. The summed E-state index contributed by atoms with van der Waals surface area (Å²) in [5, 5.41) is 18.0. The van der Waals surface area contributed by atoms with Gasteiger partial charge in [-0.15, -0.1) is 0 Å². The summed E-state index contributed by atoms with van der Waals surface area (Å²) in [6.07, 6.45) is 0. The Labute approximate surface area is 224 Å². The maximum Gasteiger partial charge on any atom is 0.262 e. The zero-order valence-corrected chi connectivity index (χ0v) is 21.9. The number of phenolic OH excluding ortho intramolecular Hbond substituents is 1. The molecule has 39 heavy (non-hydrogen) atoms. The van der Waals surface area contributed by atoms with Crippen LogP contribution in [0, 0.1) is 5.82 Å². The Morgan fingerprint density at radius 3 is 2.13 bits per heavy atom. The molecule has 0 atom stereocenters. The number of anilines is 2. The molecule has 1 amide bonds. The molecule has 4 rings (SSSR count). The number of hydrogen-bond donors (Lipinski definition) is 4. The molecule has 0 aromatic heterocycles. The van der Waals surface area contributed by atoms with Gasteiger partial charge in [0.25, 0.3) is 15.9 Å². The van der Waals surface area contributed by atoms with E-state index in [4.69, 9.17) is 9.88 Å². The van der Waals surface area contributed by atoms with Crippen LogP contribution in [0.5, 0.6) is 11.5 Å². The van der Waals surface area contributed by atoms with E-state index in [0.717, 1.165) is 24.3 Å². The predicted molar refractivity (Wildman–Crippen MR) is 143 cm³/mol. The summed E-state index contributed by atoms with van der Waals surface area (Å²) in [6.45, 7) is 0. The van der Waals surface area contributed by atoms with Gasteiger partial charge in [0.2, 0.25) is 10.0 Å². The molecule has 13 heteroatoms.